The number of aromatic nitrogens is 1. The number of nitrogens with one attached hydrogen (secondary N) is 2. The van der Waals surface area contributed by atoms with Crippen molar-refractivity contribution >= 4 is 33.4 Å². The Morgan fingerprint density at radius 1 is 0.711 bits per heavy atom. The number of pyridine rings is 1. The van der Waals surface area contributed by atoms with E-state index in [2.05, 4.69) is 40.3 Å². The van der Waals surface area contributed by atoms with Gasteiger partial charge < -0.3 is 34.3 Å². The van der Waals surface area contributed by atoms with Crippen LogP contribution in [-0.2, 0) is 24.3 Å². The third kappa shape index (κ3) is 7.45. The van der Waals surface area contributed by atoms with Gasteiger partial charge >= 0.3 is 0 Å². The van der Waals surface area contributed by atoms with E-state index in [4.69, 9.17) is 14.2 Å². The molecule has 0 bridgehead atoms. The number of carbonyl (C=O) groups excluding carboxylic acids is 1. The molecule has 0 atom stereocenters. The van der Waals surface area contributed by atoms with Crippen molar-refractivity contribution in [3.8, 4) is 17.2 Å². The molecule has 1 aromatic heterocycles. The summed E-state index contributed by atoms with van der Waals surface area (Å²) >= 11 is 0. The van der Waals surface area contributed by atoms with Crippen molar-refractivity contribution < 1.29 is 19.0 Å². The molecule has 9 heteroatoms. The van der Waals surface area contributed by atoms with Crippen molar-refractivity contribution in [3.05, 3.63) is 106 Å². The fraction of sp³-hybridized carbons (Fsp3) is 0.278. The number of hydrogen-bond acceptors (Lipinski definition) is 7. The van der Waals surface area contributed by atoms with Crippen LogP contribution in [0.25, 0.3) is 21.8 Å². The summed E-state index contributed by atoms with van der Waals surface area (Å²) in [5, 5.41) is 4.09. The van der Waals surface area contributed by atoms with Crippen LogP contribution in [0.5, 0.6) is 17.2 Å². The number of H-pyrrole nitrogens is 1. The third-order valence-corrected chi connectivity index (χ3v) is 7.94. The van der Waals surface area contributed by atoms with Gasteiger partial charge in [0.2, 0.25) is 5.91 Å². The van der Waals surface area contributed by atoms with Gasteiger partial charge in [0.25, 0.3) is 0 Å². The molecule has 1 amide bonds. The number of fused-ring (bicyclic) bond motifs is 2. The Kier molecular flexibility index (Phi) is 10.0. The molecular weight excluding hydrogens is 568 g/mol. The zero-order valence-electron chi connectivity index (χ0n) is 26.5. The van der Waals surface area contributed by atoms with Crippen molar-refractivity contribution in [2.75, 3.05) is 53.8 Å². The van der Waals surface area contributed by atoms with Gasteiger partial charge in [-0.1, -0.05) is 36.4 Å². The number of nitrogens with zero attached hydrogens (tertiary/aromatic N) is 2. The van der Waals surface area contributed by atoms with E-state index in [1.54, 1.807) is 45.6 Å². The second-order valence-corrected chi connectivity index (χ2v) is 11.3. The minimum absolute atomic E-state index is 0.0926. The first-order valence-electron chi connectivity index (χ1n) is 14.9. The minimum atomic E-state index is -0.161. The quantitative estimate of drug-likeness (QED) is 0.172. The van der Waals surface area contributed by atoms with E-state index in [1.165, 1.54) is 0 Å². The van der Waals surface area contributed by atoms with Crippen LogP contribution < -0.4 is 25.0 Å². The summed E-state index contributed by atoms with van der Waals surface area (Å²) in [6.07, 6.45) is 0.120. The molecule has 234 valence electrons. The Bertz CT molecular complexity index is 1850. The molecule has 0 unspecified atom stereocenters. The zero-order valence-corrected chi connectivity index (χ0v) is 26.5. The molecule has 0 aliphatic rings. The Balaban J connectivity index is 1.15. The smallest absolute Gasteiger partial charge is 0.228 e. The van der Waals surface area contributed by atoms with Gasteiger partial charge in [0, 0.05) is 42.6 Å². The highest BCUT2D eigenvalue weighted by molar-refractivity contribution is 5.99. The molecule has 0 fully saturated rings. The van der Waals surface area contributed by atoms with Crippen molar-refractivity contribution in [1.29, 1.82) is 0 Å². The summed E-state index contributed by atoms with van der Waals surface area (Å²) < 4.78 is 16.2. The van der Waals surface area contributed by atoms with Crippen molar-refractivity contribution in [2.45, 2.75) is 19.5 Å². The molecular formula is C36H40N4O5. The monoisotopic (exact) mass is 608 g/mol. The first-order chi connectivity index (χ1) is 21.8. The number of amides is 1. The van der Waals surface area contributed by atoms with Crippen molar-refractivity contribution in [3.63, 3.8) is 0 Å². The first-order valence-corrected chi connectivity index (χ1v) is 14.9. The SMILES string of the molecule is COc1ccc(CN(C)CCN(C)Cc2ccc(NC(=O)Cc3cccc4c(=O)c5cccc(OC)c5[nH]c34)cc2)cc1OC. The molecule has 0 saturated heterocycles. The third-order valence-electron chi connectivity index (χ3n) is 7.94. The van der Waals surface area contributed by atoms with Crippen molar-refractivity contribution in [2.24, 2.45) is 0 Å². The van der Waals surface area contributed by atoms with E-state index in [0.29, 0.717) is 27.6 Å². The van der Waals surface area contributed by atoms with Crippen LogP contribution in [-0.4, -0.2) is 69.2 Å². The molecule has 0 aliphatic carbocycles. The molecule has 9 nitrogen and oxygen atoms in total. The van der Waals surface area contributed by atoms with Crippen LogP contribution in [0.15, 0.2) is 83.7 Å². The van der Waals surface area contributed by atoms with Crippen LogP contribution in [0.2, 0.25) is 0 Å². The number of para-hydroxylation sites is 2. The van der Waals surface area contributed by atoms with Gasteiger partial charge in [0.1, 0.15) is 5.75 Å². The molecule has 1 heterocycles. The highest BCUT2D eigenvalue weighted by atomic mass is 16.5. The van der Waals surface area contributed by atoms with Gasteiger partial charge in [-0.05, 0) is 73.3 Å². The van der Waals surface area contributed by atoms with Gasteiger partial charge in [0.05, 0.1) is 38.8 Å². The highest BCUT2D eigenvalue weighted by Crippen LogP contribution is 2.28. The largest absolute Gasteiger partial charge is 0.495 e. The summed E-state index contributed by atoms with van der Waals surface area (Å²) in [6.45, 7) is 3.40. The van der Waals surface area contributed by atoms with Gasteiger partial charge in [-0.15, -0.1) is 0 Å². The number of hydrogen-bond donors (Lipinski definition) is 2. The normalized spacial score (nSPS) is 11.4. The predicted octanol–water partition coefficient (Wildman–Crippen LogP) is 5.45. The fourth-order valence-electron chi connectivity index (χ4n) is 5.55. The van der Waals surface area contributed by atoms with Gasteiger partial charge in [-0.3, -0.25) is 9.59 Å². The number of carbonyl (C=O) groups is 1. The van der Waals surface area contributed by atoms with E-state index in [-0.39, 0.29) is 17.8 Å². The lowest BCUT2D eigenvalue weighted by Crippen LogP contribution is -2.30. The van der Waals surface area contributed by atoms with E-state index < -0.39 is 0 Å². The number of benzene rings is 4. The average Bonchev–Trinajstić information content (AvgIpc) is 3.05. The summed E-state index contributed by atoms with van der Waals surface area (Å²) in [5.41, 5.74) is 4.96. The second kappa shape index (κ2) is 14.3. The molecule has 0 radical (unpaired) electrons. The Labute approximate surface area is 263 Å². The van der Waals surface area contributed by atoms with Crippen LogP contribution in [0.1, 0.15) is 16.7 Å². The molecule has 2 N–H and O–H groups in total. The number of anilines is 1. The first kappa shape index (κ1) is 31.6. The topological polar surface area (TPSA) is 96.1 Å². The van der Waals surface area contributed by atoms with Gasteiger partial charge in [-0.25, -0.2) is 0 Å². The zero-order chi connectivity index (χ0) is 31.9. The average molecular weight is 609 g/mol. The summed E-state index contributed by atoms with van der Waals surface area (Å²) in [6, 6.07) is 24.8. The lowest BCUT2D eigenvalue weighted by molar-refractivity contribution is -0.115. The van der Waals surface area contributed by atoms with Crippen LogP contribution in [0, 0.1) is 0 Å². The molecule has 4 aromatic carbocycles. The predicted molar refractivity (Wildman–Crippen MR) is 180 cm³/mol. The standard InChI is InChI=1S/C36H40N4O5/c1-39(18-19-40(2)23-25-14-17-30(43-3)32(20-25)45-5)22-24-12-15-27(16-13-24)37-33(41)21-26-8-6-9-28-34(26)38-35-29(36(28)42)10-7-11-31(35)44-4/h6-17,20H,18-19,21-23H2,1-5H3,(H,37,41)(H,38,42). The van der Waals surface area contributed by atoms with Gasteiger partial charge in [-0.2, -0.15) is 0 Å². The molecule has 0 saturated carbocycles. The number of ether oxygens (including phenoxy) is 3. The number of likely N-dealkylation sites (N-methyl/N-ethyl adjacent to an activating group) is 2. The molecule has 0 spiro atoms. The van der Waals surface area contributed by atoms with E-state index in [0.717, 1.165) is 60.1 Å². The maximum absolute atomic E-state index is 13.2. The number of rotatable bonds is 13. The minimum Gasteiger partial charge on any atom is -0.495 e. The van der Waals surface area contributed by atoms with E-state index in [1.807, 2.05) is 48.5 Å². The van der Waals surface area contributed by atoms with Crippen LogP contribution in [0.4, 0.5) is 5.69 Å². The maximum Gasteiger partial charge on any atom is 0.228 e. The molecule has 5 rings (SSSR count). The summed E-state index contributed by atoms with van der Waals surface area (Å²) in [4.78, 5) is 34.2. The van der Waals surface area contributed by atoms with Crippen LogP contribution >= 0.6 is 0 Å². The maximum atomic E-state index is 13.2. The van der Waals surface area contributed by atoms with E-state index >= 15 is 0 Å². The Hall–Kier alpha value is -4.86. The molecule has 5 aromatic rings. The Morgan fingerprint density at radius 2 is 1.31 bits per heavy atom. The fourth-order valence-corrected chi connectivity index (χ4v) is 5.55. The summed E-state index contributed by atoms with van der Waals surface area (Å²) in [5.74, 6) is 1.88. The summed E-state index contributed by atoms with van der Waals surface area (Å²) in [7, 11) is 9.07. The van der Waals surface area contributed by atoms with Crippen molar-refractivity contribution in [1.82, 2.24) is 14.8 Å². The Morgan fingerprint density at radius 3 is 1.98 bits per heavy atom. The second-order valence-electron chi connectivity index (χ2n) is 11.3. The molecule has 0 aliphatic heterocycles. The lowest BCUT2D eigenvalue weighted by Gasteiger charge is -2.22. The highest BCUT2D eigenvalue weighted by Gasteiger charge is 2.14. The van der Waals surface area contributed by atoms with Gasteiger partial charge in [0.15, 0.2) is 16.9 Å². The molecule has 45 heavy (non-hydrogen) atoms. The van der Waals surface area contributed by atoms with Crippen LogP contribution in [0.3, 0.4) is 0 Å². The number of aromatic amines is 1. The lowest BCUT2D eigenvalue weighted by atomic mass is 10.0. The van der Waals surface area contributed by atoms with E-state index in [9.17, 15) is 9.59 Å². The number of methoxy groups -OCH3 is 3.